The summed E-state index contributed by atoms with van der Waals surface area (Å²) in [7, 11) is -1.73. The van der Waals surface area contributed by atoms with Gasteiger partial charge in [0.2, 0.25) is 24.1 Å². The summed E-state index contributed by atoms with van der Waals surface area (Å²) in [5.41, 5.74) is 1.70. The molecule has 0 atom stereocenters. The van der Waals surface area contributed by atoms with Gasteiger partial charge in [-0.15, -0.1) is 0 Å². The van der Waals surface area contributed by atoms with E-state index in [9.17, 15) is 17.2 Å². The maximum atomic E-state index is 13.1. The number of benzene rings is 1. The van der Waals surface area contributed by atoms with Crippen molar-refractivity contribution in [3.05, 3.63) is 48.5 Å². The first-order valence-corrected chi connectivity index (χ1v) is 11.0. The largest absolute Gasteiger partial charge is 0.481 e. The lowest BCUT2D eigenvalue weighted by Gasteiger charge is -2.13. The molecule has 4 rings (SSSR count). The predicted molar refractivity (Wildman–Crippen MR) is 115 cm³/mol. The molecule has 0 aliphatic rings. The lowest BCUT2D eigenvalue weighted by molar-refractivity contribution is 0.146. The number of halogens is 2. The van der Waals surface area contributed by atoms with Crippen LogP contribution in [-0.4, -0.2) is 54.0 Å². The summed E-state index contributed by atoms with van der Waals surface area (Å²) in [4.78, 5) is 19.0. The van der Waals surface area contributed by atoms with Gasteiger partial charge in [0.05, 0.1) is 37.2 Å². The van der Waals surface area contributed by atoms with Gasteiger partial charge >= 0.3 is 0 Å². The fourth-order valence-electron chi connectivity index (χ4n) is 3.33. The molecule has 10 nitrogen and oxygen atoms in total. The Morgan fingerprint density at radius 1 is 1.12 bits per heavy atom. The van der Waals surface area contributed by atoms with Gasteiger partial charge in [-0.1, -0.05) is 18.2 Å². The van der Waals surface area contributed by atoms with E-state index < -0.39 is 22.9 Å². The number of methoxy groups -OCH3 is 2. The summed E-state index contributed by atoms with van der Waals surface area (Å²) >= 11 is 0. The molecule has 2 N–H and O–H groups in total. The van der Waals surface area contributed by atoms with Crippen LogP contribution in [0.25, 0.3) is 22.2 Å². The van der Waals surface area contributed by atoms with Crippen LogP contribution in [0.4, 0.5) is 14.7 Å². The molecule has 0 aliphatic heterocycles. The summed E-state index contributed by atoms with van der Waals surface area (Å²) < 4.78 is 64.5. The van der Waals surface area contributed by atoms with Gasteiger partial charge in [-0.05, 0) is 0 Å². The maximum absolute atomic E-state index is 13.1. The van der Waals surface area contributed by atoms with E-state index >= 15 is 0 Å². The van der Waals surface area contributed by atoms with E-state index in [1.807, 2.05) is 0 Å². The van der Waals surface area contributed by atoms with Crippen LogP contribution in [-0.2, 0) is 16.4 Å². The van der Waals surface area contributed by atoms with Crippen LogP contribution >= 0.6 is 0 Å². The maximum Gasteiger partial charge on any atom is 0.266 e. The highest BCUT2D eigenvalue weighted by atomic mass is 32.2. The van der Waals surface area contributed by atoms with Crippen LogP contribution in [0.3, 0.4) is 0 Å². The van der Waals surface area contributed by atoms with Crippen molar-refractivity contribution in [2.24, 2.45) is 0 Å². The number of alkyl halides is 2. The number of H-pyrrole nitrogens is 1. The number of fused-ring (bicyclic) bond motifs is 1. The third kappa shape index (κ3) is 4.39. The van der Waals surface area contributed by atoms with Crippen LogP contribution in [0.1, 0.15) is 5.56 Å². The number of hydrogen-bond acceptors (Lipinski definition) is 8. The predicted octanol–water partition coefficient (Wildman–Crippen LogP) is 3.04. The van der Waals surface area contributed by atoms with Crippen LogP contribution in [0.5, 0.6) is 11.8 Å². The zero-order valence-electron chi connectivity index (χ0n) is 17.4. The molecule has 0 saturated carbocycles. The van der Waals surface area contributed by atoms with E-state index in [0.717, 1.165) is 0 Å². The lowest BCUT2D eigenvalue weighted by Crippen LogP contribution is -2.16. The zero-order chi connectivity index (χ0) is 23.6. The number of nitrogens with zero attached hydrogens (tertiary/aromatic N) is 4. The summed E-state index contributed by atoms with van der Waals surface area (Å²) in [5, 5.41) is 0.402. The molecule has 33 heavy (non-hydrogen) atoms. The lowest BCUT2D eigenvalue weighted by atomic mass is 10.1. The van der Waals surface area contributed by atoms with Gasteiger partial charge in [-0.3, -0.25) is 9.97 Å². The molecule has 0 unspecified atom stereocenters. The van der Waals surface area contributed by atoms with E-state index in [4.69, 9.17) is 9.47 Å². The number of nitrogens with one attached hydrogen (secondary N) is 2. The summed E-state index contributed by atoms with van der Waals surface area (Å²) in [6.07, 6.45) is 2.54. The van der Waals surface area contributed by atoms with Crippen LogP contribution in [0.15, 0.2) is 47.9 Å². The second kappa shape index (κ2) is 8.94. The molecular weight excluding hydrogens is 458 g/mol. The highest BCUT2D eigenvalue weighted by molar-refractivity contribution is 7.93. The normalized spacial score (nSPS) is 11.7. The molecular formula is C20H18F2N6O4S. The number of sulfonamides is 1. The highest BCUT2D eigenvalue weighted by Gasteiger charge is 2.25. The van der Waals surface area contributed by atoms with Crippen molar-refractivity contribution in [2.75, 3.05) is 18.9 Å². The number of anilines is 1. The smallest absolute Gasteiger partial charge is 0.266 e. The minimum Gasteiger partial charge on any atom is -0.481 e. The first-order valence-electron chi connectivity index (χ1n) is 9.50. The Bertz CT molecular complexity index is 1370. The average molecular weight is 476 g/mol. The number of aromatic amines is 1. The molecule has 172 valence electrons. The average Bonchev–Trinajstić information content (AvgIpc) is 3.25. The molecule has 13 heteroatoms. The minimum absolute atomic E-state index is 0.0681. The monoisotopic (exact) mass is 476 g/mol. The molecule has 0 bridgehead atoms. The van der Waals surface area contributed by atoms with Crippen molar-refractivity contribution in [1.29, 1.82) is 0 Å². The number of rotatable bonds is 8. The SMILES string of the molecule is COc1nc(NS(=O)(=O)c2c[nH]c3c(-c4cnccn4)cccc23)nc(OC)c1CC(F)F. The van der Waals surface area contributed by atoms with Crippen molar-refractivity contribution in [3.8, 4) is 23.0 Å². The Labute approximate surface area is 187 Å². The zero-order valence-corrected chi connectivity index (χ0v) is 18.2. The molecule has 4 aromatic rings. The van der Waals surface area contributed by atoms with Crippen molar-refractivity contribution in [2.45, 2.75) is 17.7 Å². The molecule has 0 amide bonds. The third-order valence-corrected chi connectivity index (χ3v) is 6.08. The molecule has 1 aromatic carbocycles. The highest BCUT2D eigenvalue weighted by Crippen LogP contribution is 2.33. The van der Waals surface area contributed by atoms with E-state index in [1.165, 1.54) is 32.8 Å². The Hall–Kier alpha value is -3.87. The molecule has 0 fully saturated rings. The van der Waals surface area contributed by atoms with Gasteiger partial charge in [0.1, 0.15) is 4.90 Å². The minimum atomic E-state index is -4.18. The van der Waals surface area contributed by atoms with Gasteiger partial charge in [0.25, 0.3) is 10.0 Å². The number of para-hydroxylation sites is 1. The van der Waals surface area contributed by atoms with Gasteiger partial charge in [-0.25, -0.2) is 21.9 Å². The Balaban J connectivity index is 1.74. The summed E-state index contributed by atoms with van der Waals surface area (Å²) in [5.74, 6) is -0.825. The van der Waals surface area contributed by atoms with E-state index in [1.54, 1.807) is 24.4 Å². The van der Waals surface area contributed by atoms with Gasteiger partial charge in [-0.2, -0.15) is 9.97 Å². The Kier molecular flexibility index (Phi) is 6.05. The molecule has 3 aromatic heterocycles. The van der Waals surface area contributed by atoms with Crippen molar-refractivity contribution in [1.82, 2.24) is 24.9 Å². The summed E-state index contributed by atoms with van der Waals surface area (Å²) in [6, 6.07) is 5.11. The van der Waals surface area contributed by atoms with Gasteiger partial charge < -0.3 is 14.5 Å². The number of hydrogen-bond donors (Lipinski definition) is 2. The fraction of sp³-hybridized carbons (Fsp3) is 0.200. The first-order chi connectivity index (χ1) is 15.8. The van der Waals surface area contributed by atoms with Crippen LogP contribution < -0.4 is 14.2 Å². The molecule has 0 saturated heterocycles. The van der Waals surface area contributed by atoms with Gasteiger partial charge in [0, 0.05) is 36.0 Å². The molecule has 3 heterocycles. The second-order valence-electron chi connectivity index (χ2n) is 6.72. The summed E-state index contributed by atoms with van der Waals surface area (Å²) in [6.45, 7) is 0. The quantitative estimate of drug-likeness (QED) is 0.397. The standard InChI is InChI=1S/C20H18F2N6O4S/c1-31-18-13(8-16(21)22)19(32-2)27-20(26-18)28-33(29,30)15-10-25-17-11(4-3-5-12(15)17)14-9-23-6-7-24-14/h3-7,9-10,16,25H,8H2,1-2H3,(H,26,27,28). The fourth-order valence-corrected chi connectivity index (χ4v) is 4.45. The van der Waals surface area contributed by atoms with Crippen molar-refractivity contribution in [3.63, 3.8) is 0 Å². The van der Waals surface area contributed by atoms with Crippen LogP contribution in [0, 0.1) is 0 Å². The van der Waals surface area contributed by atoms with E-state index in [2.05, 4.69) is 29.6 Å². The van der Waals surface area contributed by atoms with Crippen molar-refractivity contribution >= 4 is 26.9 Å². The second-order valence-corrected chi connectivity index (χ2v) is 8.37. The van der Waals surface area contributed by atoms with E-state index in [0.29, 0.717) is 22.2 Å². The van der Waals surface area contributed by atoms with E-state index in [-0.39, 0.29) is 28.2 Å². The Morgan fingerprint density at radius 3 is 2.45 bits per heavy atom. The molecule has 0 aliphatic carbocycles. The first kappa shape index (κ1) is 22.3. The van der Waals surface area contributed by atoms with Crippen molar-refractivity contribution < 1.29 is 26.7 Å². The van der Waals surface area contributed by atoms with Gasteiger partial charge in [0.15, 0.2) is 0 Å². The number of ether oxygens (including phenoxy) is 2. The third-order valence-electron chi connectivity index (χ3n) is 4.71. The molecule has 0 radical (unpaired) electrons. The Morgan fingerprint density at radius 2 is 1.85 bits per heavy atom. The molecule has 0 spiro atoms. The topological polar surface area (TPSA) is 132 Å². The van der Waals surface area contributed by atoms with Crippen LogP contribution in [0.2, 0.25) is 0 Å². The number of aromatic nitrogens is 5.